The summed E-state index contributed by atoms with van der Waals surface area (Å²) in [5, 5.41) is 22.3. The molecule has 0 fully saturated rings. The Morgan fingerprint density at radius 3 is 2.75 bits per heavy atom. The van der Waals surface area contributed by atoms with E-state index in [0.29, 0.717) is 6.04 Å². The van der Waals surface area contributed by atoms with Crippen LogP contribution in [0.15, 0.2) is 30.3 Å². The Bertz CT molecular complexity index is 684. The molecule has 2 aromatic rings. The van der Waals surface area contributed by atoms with Gasteiger partial charge in [0, 0.05) is 24.0 Å². The maximum Gasteiger partial charge on any atom is 0.165 e. The molecule has 0 amide bonds. The maximum atomic E-state index is 10.2. The highest BCUT2D eigenvalue weighted by atomic mass is 35.5. The smallest absolute Gasteiger partial charge is 0.165 e. The zero-order chi connectivity index (χ0) is 13.0. The summed E-state index contributed by atoms with van der Waals surface area (Å²) in [6.45, 7) is 1.13. The van der Waals surface area contributed by atoms with Gasteiger partial charge in [-0.05, 0) is 22.8 Å². The van der Waals surface area contributed by atoms with Gasteiger partial charge in [0.05, 0.1) is 6.54 Å². The predicted octanol–water partition coefficient (Wildman–Crippen LogP) is -1.51. The fraction of sp³-hybridized carbons (Fsp3) is 0.250. The van der Waals surface area contributed by atoms with Gasteiger partial charge in [-0.15, -0.1) is 0 Å². The second-order valence-corrected chi connectivity index (χ2v) is 5.43. The number of fused-ring (bicyclic) bond motifs is 2. The third-order valence-electron chi connectivity index (χ3n) is 4.38. The first kappa shape index (κ1) is 13.3. The average Bonchev–Trinajstić information content (AvgIpc) is 2.43. The first-order valence-corrected chi connectivity index (χ1v) is 6.75. The van der Waals surface area contributed by atoms with Crippen LogP contribution in [-0.2, 0) is 12.8 Å². The number of hydrogen-bond donors (Lipinski definition) is 3. The summed E-state index contributed by atoms with van der Waals surface area (Å²) in [7, 11) is 0. The number of phenols is 2. The normalized spacial score (nSPS) is 18.7. The minimum absolute atomic E-state index is 0. The number of benzene rings is 2. The largest absolute Gasteiger partial charge is 1.00 e. The molecule has 0 radical (unpaired) electrons. The number of nitrogens with two attached hydrogens (primary N) is 1. The molecule has 3 nitrogen and oxygen atoms in total. The van der Waals surface area contributed by atoms with Gasteiger partial charge < -0.3 is 27.9 Å². The van der Waals surface area contributed by atoms with Gasteiger partial charge in [0.1, 0.15) is 6.04 Å². The fourth-order valence-corrected chi connectivity index (χ4v) is 3.56. The molecule has 4 heteroatoms. The van der Waals surface area contributed by atoms with E-state index in [4.69, 9.17) is 0 Å². The van der Waals surface area contributed by atoms with E-state index in [0.717, 1.165) is 36.1 Å². The van der Waals surface area contributed by atoms with Crippen molar-refractivity contribution in [3.63, 3.8) is 0 Å². The van der Waals surface area contributed by atoms with E-state index in [2.05, 4.69) is 23.5 Å². The lowest BCUT2D eigenvalue weighted by Gasteiger charge is -2.31. The lowest BCUT2D eigenvalue weighted by molar-refractivity contribution is -0.698. The molecule has 1 atom stereocenters. The zero-order valence-electron chi connectivity index (χ0n) is 10.9. The van der Waals surface area contributed by atoms with Crippen LogP contribution in [0.2, 0.25) is 0 Å². The average molecular weight is 290 g/mol. The molecule has 0 saturated heterocycles. The molecule has 0 spiro atoms. The van der Waals surface area contributed by atoms with Crippen LogP contribution in [0, 0.1) is 0 Å². The molecule has 0 bridgehead atoms. The van der Waals surface area contributed by atoms with Crippen molar-refractivity contribution in [3.8, 4) is 22.6 Å². The molecule has 2 aliphatic rings. The van der Waals surface area contributed by atoms with Crippen molar-refractivity contribution in [3.05, 3.63) is 47.0 Å². The van der Waals surface area contributed by atoms with Gasteiger partial charge in [-0.2, -0.15) is 0 Å². The highest BCUT2D eigenvalue weighted by Gasteiger charge is 2.33. The fourth-order valence-electron chi connectivity index (χ4n) is 3.56. The molecule has 4 rings (SSSR count). The molecule has 1 aliphatic heterocycles. The predicted molar refractivity (Wildman–Crippen MR) is 72.1 cm³/mol. The third kappa shape index (κ3) is 1.70. The highest BCUT2D eigenvalue weighted by molar-refractivity contribution is 5.81. The van der Waals surface area contributed by atoms with E-state index < -0.39 is 0 Å². The van der Waals surface area contributed by atoms with Crippen molar-refractivity contribution in [2.45, 2.75) is 18.9 Å². The van der Waals surface area contributed by atoms with Crippen LogP contribution in [-0.4, -0.2) is 16.8 Å². The van der Waals surface area contributed by atoms with Crippen LogP contribution >= 0.6 is 0 Å². The lowest BCUT2D eigenvalue weighted by atomic mass is 9.77. The van der Waals surface area contributed by atoms with Crippen molar-refractivity contribution < 1.29 is 27.9 Å². The van der Waals surface area contributed by atoms with Gasteiger partial charge in [0.2, 0.25) is 0 Å². The Labute approximate surface area is 123 Å². The summed E-state index contributed by atoms with van der Waals surface area (Å²) in [6, 6.07) is 10.3. The maximum absolute atomic E-state index is 10.2. The quantitative estimate of drug-likeness (QED) is 0.516. The molecule has 104 valence electrons. The Kier molecular flexibility index (Phi) is 3.11. The Morgan fingerprint density at radius 2 is 1.90 bits per heavy atom. The number of phenolic OH excluding ortho intramolecular Hbond substituents is 2. The van der Waals surface area contributed by atoms with Crippen molar-refractivity contribution >= 4 is 0 Å². The third-order valence-corrected chi connectivity index (χ3v) is 4.38. The van der Waals surface area contributed by atoms with Crippen molar-refractivity contribution in [2.24, 2.45) is 0 Å². The van der Waals surface area contributed by atoms with Gasteiger partial charge in [0.15, 0.2) is 11.5 Å². The van der Waals surface area contributed by atoms with Crippen LogP contribution in [0.1, 0.15) is 22.7 Å². The first-order valence-electron chi connectivity index (χ1n) is 6.75. The van der Waals surface area contributed by atoms with Crippen molar-refractivity contribution in [2.75, 3.05) is 6.54 Å². The van der Waals surface area contributed by atoms with E-state index in [1.165, 1.54) is 11.1 Å². The van der Waals surface area contributed by atoms with Crippen molar-refractivity contribution in [1.82, 2.24) is 0 Å². The van der Waals surface area contributed by atoms with Crippen LogP contribution in [0.5, 0.6) is 11.5 Å². The standard InChI is InChI=1S/C16H15NO2.ClH/c18-13-5-4-10-8-12-14-9(6-7-17-12)2-1-3-11(14)15(10)16(13)19;/h1-5,12,17-19H,6-8H2;1H. The summed E-state index contributed by atoms with van der Waals surface area (Å²) >= 11 is 0. The van der Waals surface area contributed by atoms with Crippen LogP contribution in [0.25, 0.3) is 11.1 Å². The molecule has 0 aromatic heterocycles. The summed E-state index contributed by atoms with van der Waals surface area (Å²) < 4.78 is 0. The Balaban J connectivity index is 0.00000121. The van der Waals surface area contributed by atoms with Gasteiger partial charge in [-0.3, -0.25) is 0 Å². The van der Waals surface area contributed by atoms with Gasteiger partial charge in [-0.25, -0.2) is 0 Å². The minimum Gasteiger partial charge on any atom is -1.00 e. The number of rotatable bonds is 0. The van der Waals surface area contributed by atoms with E-state index in [1.54, 1.807) is 6.07 Å². The van der Waals surface area contributed by atoms with Gasteiger partial charge in [0.25, 0.3) is 0 Å². The number of quaternary nitrogens is 1. The molecule has 2 aromatic carbocycles. The van der Waals surface area contributed by atoms with E-state index in [9.17, 15) is 10.2 Å². The topological polar surface area (TPSA) is 57.1 Å². The molecular formula is C16H16ClNO2. The minimum atomic E-state index is -0.0328. The van der Waals surface area contributed by atoms with E-state index in [-0.39, 0.29) is 23.9 Å². The molecule has 0 saturated carbocycles. The SMILES string of the molecule is Oc1ccc2c(c1O)-c1cccc3c1C(C2)[NH2+]CC3.[Cl-]. The summed E-state index contributed by atoms with van der Waals surface area (Å²) in [5.41, 5.74) is 5.78. The number of aromatic hydroxyl groups is 2. The molecule has 1 heterocycles. The summed E-state index contributed by atoms with van der Waals surface area (Å²) in [6.07, 6.45) is 2.00. The zero-order valence-corrected chi connectivity index (χ0v) is 11.7. The lowest BCUT2D eigenvalue weighted by Crippen LogP contribution is -3.00. The van der Waals surface area contributed by atoms with Crippen LogP contribution in [0.4, 0.5) is 0 Å². The van der Waals surface area contributed by atoms with Gasteiger partial charge in [-0.1, -0.05) is 24.3 Å². The first-order chi connectivity index (χ1) is 9.25. The molecular weight excluding hydrogens is 274 g/mol. The van der Waals surface area contributed by atoms with E-state index in [1.807, 2.05) is 6.07 Å². The molecule has 20 heavy (non-hydrogen) atoms. The van der Waals surface area contributed by atoms with E-state index >= 15 is 0 Å². The summed E-state index contributed by atoms with van der Waals surface area (Å²) in [4.78, 5) is 0. The number of halogens is 1. The van der Waals surface area contributed by atoms with Crippen molar-refractivity contribution in [1.29, 1.82) is 0 Å². The monoisotopic (exact) mass is 289 g/mol. The number of hydrogen-bond acceptors (Lipinski definition) is 2. The highest BCUT2D eigenvalue weighted by Crippen LogP contribution is 2.47. The molecule has 1 aliphatic carbocycles. The Hall–Kier alpha value is -1.71. The molecule has 4 N–H and O–H groups in total. The summed E-state index contributed by atoms with van der Waals surface area (Å²) in [5.74, 6) is -0.00971. The van der Waals surface area contributed by atoms with Crippen LogP contribution < -0.4 is 17.7 Å². The second-order valence-electron chi connectivity index (χ2n) is 5.43. The van der Waals surface area contributed by atoms with Crippen LogP contribution in [0.3, 0.4) is 0 Å². The second kappa shape index (κ2) is 4.69. The Morgan fingerprint density at radius 1 is 1.05 bits per heavy atom. The molecule has 1 unspecified atom stereocenters. The van der Waals surface area contributed by atoms with Gasteiger partial charge >= 0.3 is 0 Å².